The second-order valence-corrected chi connectivity index (χ2v) is 17.2. The fraction of sp³-hybridized carbons (Fsp3) is 0.886. The molecule has 1 aliphatic rings. The Kier molecular flexibility index (Phi) is 33.1. The van der Waals surface area contributed by atoms with E-state index in [1.165, 1.54) is 122 Å². The minimum Gasteiger partial charge on any atom is -0.394 e. The summed E-state index contributed by atoms with van der Waals surface area (Å²) in [7, 11) is -5.12. The van der Waals surface area contributed by atoms with Crippen molar-refractivity contribution in [2.75, 3.05) is 13.2 Å². The van der Waals surface area contributed by atoms with Crippen molar-refractivity contribution in [3.8, 4) is 0 Å². The van der Waals surface area contributed by atoms with Crippen molar-refractivity contribution >= 4 is 16.3 Å². The lowest BCUT2D eigenvalue weighted by molar-refractivity contribution is -0.298. The molecule has 1 saturated heterocycles. The topological polar surface area (TPSA) is 212 Å². The molecule has 0 bridgehead atoms. The van der Waals surface area contributed by atoms with Crippen LogP contribution in [-0.2, 0) is 28.9 Å². The van der Waals surface area contributed by atoms with Crippen LogP contribution >= 0.6 is 0 Å². The van der Waals surface area contributed by atoms with Gasteiger partial charge >= 0.3 is 10.4 Å². The van der Waals surface area contributed by atoms with Crippen molar-refractivity contribution < 1.29 is 57.0 Å². The van der Waals surface area contributed by atoms with E-state index in [-0.39, 0.29) is 6.42 Å². The Hall–Kier alpha value is -1.46. The smallest absolute Gasteiger partial charge is 0.394 e. The highest BCUT2D eigenvalue weighted by atomic mass is 32.3. The minimum atomic E-state index is -5.12. The Morgan fingerprint density at radius 1 is 0.690 bits per heavy atom. The highest BCUT2D eigenvalue weighted by molar-refractivity contribution is 7.80. The maximum absolute atomic E-state index is 13.1. The third-order valence-corrected chi connectivity index (χ3v) is 11.3. The van der Waals surface area contributed by atoms with Crippen LogP contribution in [0, 0.1) is 0 Å². The zero-order valence-corrected chi connectivity index (χ0v) is 36.8. The molecule has 7 N–H and O–H groups in total. The fourth-order valence-corrected chi connectivity index (χ4v) is 7.69. The van der Waals surface area contributed by atoms with E-state index in [9.17, 15) is 38.7 Å². The van der Waals surface area contributed by atoms with Crippen LogP contribution in [0.3, 0.4) is 0 Å². The molecule has 1 heterocycles. The summed E-state index contributed by atoms with van der Waals surface area (Å²) in [5.41, 5.74) is 0. The predicted octanol–water partition coefficient (Wildman–Crippen LogP) is 7.52. The zero-order valence-electron chi connectivity index (χ0n) is 36.0. The maximum atomic E-state index is 13.1. The second-order valence-electron chi connectivity index (χ2n) is 16.1. The summed E-state index contributed by atoms with van der Waals surface area (Å²) in [6.07, 6.45) is 26.9. The van der Waals surface area contributed by atoms with Crippen molar-refractivity contribution in [3.05, 3.63) is 24.3 Å². The second kappa shape index (κ2) is 35.2. The SMILES string of the molecule is CCCCCCCCCCCCC/C=C/CC/C=C/C(O)C(COC1OC(CO)C(O)C(OS(=O)(=O)O)C1O)NC(=O)C(O)CCCCCCCCCCCCCC. The van der Waals surface area contributed by atoms with E-state index in [1.807, 2.05) is 0 Å². The quantitative estimate of drug-likeness (QED) is 0.0183. The van der Waals surface area contributed by atoms with Crippen LogP contribution in [-0.4, -0.2) is 107 Å². The van der Waals surface area contributed by atoms with Crippen LogP contribution in [0.2, 0.25) is 0 Å². The molecular weight excluding hydrogens is 767 g/mol. The van der Waals surface area contributed by atoms with E-state index >= 15 is 0 Å². The van der Waals surface area contributed by atoms with Gasteiger partial charge in [-0.3, -0.25) is 9.35 Å². The van der Waals surface area contributed by atoms with E-state index in [4.69, 9.17) is 14.0 Å². The molecule has 0 aromatic carbocycles. The van der Waals surface area contributed by atoms with Gasteiger partial charge in [-0.15, -0.1) is 0 Å². The Morgan fingerprint density at radius 2 is 1.16 bits per heavy atom. The molecule has 0 aromatic rings. The Labute approximate surface area is 351 Å². The molecule has 8 atom stereocenters. The van der Waals surface area contributed by atoms with Crippen LogP contribution in [0.25, 0.3) is 0 Å². The number of rotatable bonds is 38. The summed E-state index contributed by atoms with van der Waals surface area (Å²) in [5, 5.41) is 55.1. The van der Waals surface area contributed by atoms with Crippen molar-refractivity contribution in [2.45, 2.75) is 236 Å². The molecular formula is C44H83NO12S. The number of hydrogen-bond acceptors (Lipinski definition) is 11. The molecule has 8 unspecified atom stereocenters. The molecule has 0 saturated carbocycles. The van der Waals surface area contributed by atoms with Gasteiger partial charge in [-0.2, -0.15) is 8.42 Å². The van der Waals surface area contributed by atoms with E-state index in [0.717, 1.165) is 38.5 Å². The lowest BCUT2D eigenvalue weighted by atomic mass is 9.99. The molecule has 1 amide bonds. The molecule has 0 radical (unpaired) electrons. The number of aliphatic hydroxyl groups is 5. The Morgan fingerprint density at radius 3 is 1.66 bits per heavy atom. The zero-order chi connectivity index (χ0) is 42.9. The van der Waals surface area contributed by atoms with Gasteiger partial charge < -0.3 is 40.3 Å². The lowest BCUT2D eigenvalue weighted by Crippen LogP contribution is -2.61. The standard InChI is InChI=1S/C44H83NO12S/c1-3-5-7-9-11-13-15-17-18-19-20-21-23-24-26-28-30-32-37(47)36(35-55-44-41(50)42(57-58(52,53)54)40(49)39(34-46)56-44)45-43(51)38(48)33-31-29-27-25-22-16-14-12-10-8-6-4-2/h23-24,30,32,36-42,44,46-50H,3-22,25-29,31,33-35H2,1-2H3,(H,45,51)(H,52,53,54)/b24-23+,32-30+. The number of carbonyl (C=O) groups is 1. The summed E-state index contributed by atoms with van der Waals surface area (Å²) in [5.74, 6) is -0.712. The normalized spacial score (nSPS) is 21.8. The maximum Gasteiger partial charge on any atom is 0.397 e. The Balaban J connectivity index is 2.63. The van der Waals surface area contributed by atoms with E-state index < -0.39 is 78.5 Å². The molecule has 1 fully saturated rings. The van der Waals surface area contributed by atoms with Gasteiger partial charge in [0.05, 0.1) is 25.4 Å². The third-order valence-electron chi connectivity index (χ3n) is 10.8. The van der Waals surface area contributed by atoms with Crippen molar-refractivity contribution in [2.24, 2.45) is 0 Å². The number of carbonyl (C=O) groups excluding carboxylic acids is 1. The van der Waals surface area contributed by atoms with Gasteiger partial charge in [0.2, 0.25) is 5.91 Å². The number of hydrogen-bond donors (Lipinski definition) is 7. The van der Waals surface area contributed by atoms with E-state index in [2.05, 4.69) is 35.5 Å². The monoisotopic (exact) mass is 850 g/mol. The average molecular weight is 850 g/mol. The molecule has 13 nitrogen and oxygen atoms in total. The predicted molar refractivity (Wildman–Crippen MR) is 228 cm³/mol. The third kappa shape index (κ3) is 27.4. The van der Waals surface area contributed by atoms with Crippen molar-refractivity contribution in [1.82, 2.24) is 5.32 Å². The molecule has 0 aliphatic carbocycles. The molecule has 14 heteroatoms. The first-order valence-electron chi connectivity index (χ1n) is 22.8. The highest BCUT2D eigenvalue weighted by Crippen LogP contribution is 2.26. The lowest BCUT2D eigenvalue weighted by Gasteiger charge is -2.41. The number of unbranched alkanes of at least 4 members (excludes halogenated alkanes) is 23. The molecule has 0 aromatic heterocycles. The van der Waals surface area contributed by atoms with Gasteiger partial charge in [-0.25, -0.2) is 4.18 Å². The fourth-order valence-electron chi connectivity index (χ4n) is 7.18. The van der Waals surface area contributed by atoms with Crippen LogP contribution in [0.4, 0.5) is 0 Å². The van der Waals surface area contributed by atoms with E-state index in [1.54, 1.807) is 6.08 Å². The summed E-state index contributed by atoms with van der Waals surface area (Å²) in [6, 6.07) is -1.13. The summed E-state index contributed by atoms with van der Waals surface area (Å²) in [6.45, 7) is 3.19. The minimum absolute atomic E-state index is 0.240. The van der Waals surface area contributed by atoms with Crippen molar-refractivity contribution in [3.63, 3.8) is 0 Å². The number of aliphatic hydroxyl groups excluding tert-OH is 5. The van der Waals surface area contributed by atoms with Crippen LogP contribution < -0.4 is 5.32 Å². The van der Waals surface area contributed by atoms with Crippen LogP contribution in [0.1, 0.15) is 187 Å². The van der Waals surface area contributed by atoms with Gasteiger partial charge in [0.15, 0.2) is 6.29 Å². The molecule has 1 rings (SSSR count). The summed E-state index contributed by atoms with van der Waals surface area (Å²) in [4.78, 5) is 13.1. The summed E-state index contributed by atoms with van der Waals surface area (Å²) >= 11 is 0. The first-order chi connectivity index (χ1) is 27.9. The number of amides is 1. The molecule has 0 spiro atoms. The highest BCUT2D eigenvalue weighted by Gasteiger charge is 2.48. The van der Waals surface area contributed by atoms with Gasteiger partial charge in [-0.1, -0.05) is 179 Å². The largest absolute Gasteiger partial charge is 0.397 e. The number of nitrogens with one attached hydrogen (secondary N) is 1. The van der Waals surface area contributed by atoms with Gasteiger partial charge in [0, 0.05) is 0 Å². The van der Waals surface area contributed by atoms with Gasteiger partial charge in [0.1, 0.15) is 30.5 Å². The molecule has 1 aliphatic heterocycles. The first-order valence-corrected chi connectivity index (χ1v) is 24.2. The summed E-state index contributed by atoms with van der Waals surface area (Å²) < 4.78 is 47.4. The van der Waals surface area contributed by atoms with Gasteiger partial charge in [0.25, 0.3) is 0 Å². The molecule has 58 heavy (non-hydrogen) atoms. The molecule has 342 valence electrons. The van der Waals surface area contributed by atoms with Gasteiger partial charge in [-0.05, 0) is 32.1 Å². The van der Waals surface area contributed by atoms with E-state index in [0.29, 0.717) is 12.8 Å². The number of allylic oxidation sites excluding steroid dienone is 3. The van der Waals surface area contributed by atoms with Crippen LogP contribution in [0.15, 0.2) is 24.3 Å². The van der Waals surface area contributed by atoms with Crippen LogP contribution in [0.5, 0.6) is 0 Å². The average Bonchev–Trinajstić information content (AvgIpc) is 3.19. The van der Waals surface area contributed by atoms with Crippen molar-refractivity contribution in [1.29, 1.82) is 0 Å². The Bertz CT molecular complexity index is 1160. The first kappa shape index (κ1) is 54.6. The number of ether oxygens (including phenoxy) is 2.